The number of rotatable bonds is 7. The Hall–Kier alpha value is -0.610. The van der Waals surface area contributed by atoms with E-state index in [0.29, 0.717) is 11.8 Å². The Bertz CT molecular complexity index is 268. The van der Waals surface area contributed by atoms with E-state index in [0.717, 1.165) is 51.9 Å². The van der Waals surface area contributed by atoms with Crippen LogP contribution in [0.4, 0.5) is 0 Å². The first-order chi connectivity index (χ1) is 9.08. The summed E-state index contributed by atoms with van der Waals surface area (Å²) in [4.78, 5) is 16.7. The minimum absolute atomic E-state index is 0.224. The van der Waals surface area contributed by atoms with Crippen LogP contribution in [0.25, 0.3) is 0 Å². The first kappa shape index (κ1) is 16.4. The van der Waals surface area contributed by atoms with Gasteiger partial charge in [0, 0.05) is 19.0 Å². The van der Waals surface area contributed by atoms with Crippen molar-refractivity contribution < 1.29 is 4.79 Å². The van der Waals surface area contributed by atoms with Gasteiger partial charge in [-0.05, 0) is 65.7 Å². The van der Waals surface area contributed by atoms with Crippen LogP contribution >= 0.6 is 0 Å². The molecule has 0 aliphatic heterocycles. The summed E-state index contributed by atoms with van der Waals surface area (Å²) < 4.78 is 0. The second-order valence-corrected chi connectivity index (χ2v) is 6.04. The van der Waals surface area contributed by atoms with E-state index in [-0.39, 0.29) is 5.92 Å². The van der Waals surface area contributed by atoms with Crippen LogP contribution in [-0.4, -0.2) is 56.0 Å². The van der Waals surface area contributed by atoms with Crippen molar-refractivity contribution in [3.63, 3.8) is 0 Å². The van der Waals surface area contributed by atoms with E-state index in [9.17, 15) is 4.79 Å². The van der Waals surface area contributed by atoms with Gasteiger partial charge in [-0.25, -0.2) is 0 Å². The minimum Gasteiger partial charge on any atom is -0.343 e. The molecule has 0 aromatic carbocycles. The largest absolute Gasteiger partial charge is 0.343 e. The standard InChI is InChI=1S/C15H31N3O/c1-4-18(10-6-9-17(2)3)15(19)14-8-5-7-13(11-14)12-16/h13-14H,4-12,16H2,1-3H3. The van der Waals surface area contributed by atoms with Crippen molar-refractivity contribution in [3.05, 3.63) is 0 Å². The molecule has 1 rings (SSSR count). The molecular formula is C15H31N3O. The SMILES string of the molecule is CCN(CCCN(C)C)C(=O)C1CCCC(CN)C1. The maximum atomic E-state index is 12.5. The molecule has 0 aromatic rings. The molecule has 1 fully saturated rings. The molecule has 1 amide bonds. The molecule has 0 heterocycles. The number of carbonyl (C=O) groups is 1. The third-order valence-corrected chi connectivity index (χ3v) is 4.19. The van der Waals surface area contributed by atoms with E-state index in [4.69, 9.17) is 5.73 Å². The zero-order valence-electron chi connectivity index (χ0n) is 12.9. The second kappa shape index (κ2) is 8.54. The number of hydrogen-bond donors (Lipinski definition) is 1. The van der Waals surface area contributed by atoms with Crippen LogP contribution in [0.3, 0.4) is 0 Å². The average molecular weight is 269 g/mol. The van der Waals surface area contributed by atoms with Gasteiger partial charge in [0.25, 0.3) is 0 Å². The van der Waals surface area contributed by atoms with Crippen molar-refractivity contribution in [2.75, 3.05) is 40.3 Å². The zero-order valence-corrected chi connectivity index (χ0v) is 12.9. The lowest BCUT2D eigenvalue weighted by Gasteiger charge is -2.32. The van der Waals surface area contributed by atoms with Crippen LogP contribution in [0.1, 0.15) is 39.0 Å². The summed E-state index contributed by atoms with van der Waals surface area (Å²) in [5, 5.41) is 0. The lowest BCUT2D eigenvalue weighted by atomic mass is 9.80. The highest BCUT2D eigenvalue weighted by molar-refractivity contribution is 5.78. The summed E-state index contributed by atoms with van der Waals surface area (Å²) in [5.41, 5.74) is 5.76. The van der Waals surface area contributed by atoms with E-state index in [2.05, 4.69) is 25.9 Å². The van der Waals surface area contributed by atoms with Gasteiger partial charge in [-0.3, -0.25) is 4.79 Å². The highest BCUT2D eigenvalue weighted by Gasteiger charge is 2.29. The molecule has 4 nitrogen and oxygen atoms in total. The molecular weight excluding hydrogens is 238 g/mol. The van der Waals surface area contributed by atoms with Crippen LogP contribution in [0, 0.1) is 11.8 Å². The van der Waals surface area contributed by atoms with Crippen molar-refractivity contribution in [2.24, 2.45) is 17.6 Å². The summed E-state index contributed by atoms with van der Waals surface area (Å²) in [5.74, 6) is 1.14. The molecule has 19 heavy (non-hydrogen) atoms. The Morgan fingerprint density at radius 1 is 1.26 bits per heavy atom. The molecule has 0 saturated heterocycles. The minimum atomic E-state index is 0.224. The van der Waals surface area contributed by atoms with Crippen LogP contribution in [0.15, 0.2) is 0 Å². The third-order valence-electron chi connectivity index (χ3n) is 4.19. The molecule has 2 unspecified atom stereocenters. The quantitative estimate of drug-likeness (QED) is 0.763. The zero-order chi connectivity index (χ0) is 14.3. The van der Waals surface area contributed by atoms with E-state index in [1.165, 1.54) is 6.42 Å². The molecule has 0 aromatic heterocycles. The smallest absolute Gasteiger partial charge is 0.225 e. The number of nitrogens with two attached hydrogens (primary N) is 1. The Labute approximate surface area is 118 Å². The highest BCUT2D eigenvalue weighted by atomic mass is 16.2. The molecule has 2 N–H and O–H groups in total. The van der Waals surface area contributed by atoms with Gasteiger partial charge in [0.05, 0.1) is 0 Å². The second-order valence-electron chi connectivity index (χ2n) is 6.04. The van der Waals surface area contributed by atoms with Crippen LogP contribution < -0.4 is 5.73 Å². The lowest BCUT2D eigenvalue weighted by molar-refractivity contribution is -0.137. The van der Waals surface area contributed by atoms with E-state index in [1.54, 1.807) is 0 Å². The van der Waals surface area contributed by atoms with E-state index in [1.807, 2.05) is 4.90 Å². The fraction of sp³-hybridized carbons (Fsp3) is 0.933. The summed E-state index contributed by atoms with van der Waals surface area (Å²) in [6, 6.07) is 0. The monoisotopic (exact) mass is 269 g/mol. The van der Waals surface area contributed by atoms with Gasteiger partial charge in [-0.1, -0.05) is 6.42 Å². The molecule has 2 atom stereocenters. The molecule has 1 saturated carbocycles. The highest BCUT2D eigenvalue weighted by Crippen LogP contribution is 2.29. The lowest BCUT2D eigenvalue weighted by Crippen LogP contribution is -2.40. The van der Waals surface area contributed by atoms with E-state index >= 15 is 0 Å². The van der Waals surface area contributed by atoms with Gasteiger partial charge in [0.2, 0.25) is 5.91 Å². The topological polar surface area (TPSA) is 49.6 Å². The van der Waals surface area contributed by atoms with Gasteiger partial charge in [-0.2, -0.15) is 0 Å². The Morgan fingerprint density at radius 3 is 2.58 bits per heavy atom. The summed E-state index contributed by atoms with van der Waals surface area (Å²) in [6.45, 7) is 5.57. The van der Waals surface area contributed by atoms with Crippen molar-refractivity contribution in [3.8, 4) is 0 Å². The fourth-order valence-corrected chi connectivity index (χ4v) is 2.99. The molecule has 4 heteroatoms. The van der Waals surface area contributed by atoms with Crippen molar-refractivity contribution in [1.82, 2.24) is 9.80 Å². The summed E-state index contributed by atoms with van der Waals surface area (Å²) in [6.07, 6.45) is 5.47. The van der Waals surface area contributed by atoms with Crippen molar-refractivity contribution in [2.45, 2.75) is 39.0 Å². The number of carbonyl (C=O) groups excluding carboxylic acids is 1. The van der Waals surface area contributed by atoms with E-state index < -0.39 is 0 Å². The van der Waals surface area contributed by atoms with Crippen LogP contribution in [0.2, 0.25) is 0 Å². The number of amides is 1. The van der Waals surface area contributed by atoms with Crippen LogP contribution in [-0.2, 0) is 4.79 Å². The number of nitrogens with zero attached hydrogens (tertiary/aromatic N) is 2. The average Bonchev–Trinajstić information content (AvgIpc) is 2.42. The molecule has 0 spiro atoms. The first-order valence-electron chi connectivity index (χ1n) is 7.72. The summed E-state index contributed by atoms with van der Waals surface area (Å²) in [7, 11) is 4.15. The maximum absolute atomic E-state index is 12.5. The van der Waals surface area contributed by atoms with Gasteiger partial charge in [-0.15, -0.1) is 0 Å². The molecule has 1 aliphatic rings. The van der Waals surface area contributed by atoms with Gasteiger partial charge in [0.1, 0.15) is 0 Å². The maximum Gasteiger partial charge on any atom is 0.225 e. The van der Waals surface area contributed by atoms with Gasteiger partial charge in [0.15, 0.2) is 0 Å². The Balaban J connectivity index is 2.43. The third kappa shape index (κ3) is 5.49. The van der Waals surface area contributed by atoms with Crippen molar-refractivity contribution >= 4 is 5.91 Å². The molecule has 112 valence electrons. The predicted molar refractivity (Wildman–Crippen MR) is 79.9 cm³/mol. The Morgan fingerprint density at radius 2 is 2.00 bits per heavy atom. The number of hydrogen-bond acceptors (Lipinski definition) is 3. The van der Waals surface area contributed by atoms with Crippen molar-refractivity contribution in [1.29, 1.82) is 0 Å². The molecule has 0 radical (unpaired) electrons. The van der Waals surface area contributed by atoms with Crippen LogP contribution in [0.5, 0.6) is 0 Å². The van der Waals surface area contributed by atoms with Gasteiger partial charge < -0.3 is 15.5 Å². The Kier molecular flexibility index (Phi) is 7.39. The molecule has 0 bridgehead atoms. The van der Waals surface area contributed by atoms with Gasteiger partial charge >= 0.3 is 0 Å². The fourth-order valence-electron chi connectivity index (χ4n) is 2.99. The predicted octanol–water partition coefficient (Wildman–Crippen LogP) is 1.55. The normalized spacial score (nSPS) is 23.6. The molecule has 1 aliphatic carbocycles. The first-order valence-corrected chi connectivity index (χ1v) is 7.72. The summed E-state index contributed by atoms with van der Waals surface area (Å²) >= 11 is 0.